The van der Waals surface area contributed by atoms with E-state index in [0.29, 0.717) is 34.5 Å². The van der Waals surface area contributed by atoms with Crippen molar-refractivity contribution in [3.05, 3.63) is 11.3 Å². The summed E-state index contributed by atoms with van der Waals surface area (Å²) in [5.41, 5.74) is 4.31. The van der Waals surface area contributed by atoms with Gasteiger partial charge in [0, 0.05) is 24.2 Å². The number of nitrogens with zero attached hydrogens (tertiary/aromatic N) is 2. The molecule has 448 valence electrons. The van der Waals surface area contributed by atoms with Crippen molar-refractivity contribution in [3.63, 3.8) is 0 Å². The number of aliphatic hydroxyl groups is 1. The number of nitrogens with one attached hydrogen (secondary N) is 1. The van der Waals surface area contributed by atoms with E-state index >= 15 is 4.79 Å². The molecular weight excluding hydrogens is 951 g/mol. The van der Waals surface area contributed by atoms with Gasteiger partial charge in [0.1, 0.15) is 0 Å². The maximum absolute atomic E-state index is 16.3. The molecule has 9 aliphatic rings. The number of hydrogen-bond donors (Lipinski definition) is 2. The van der Waals surface area contributed by atoms with E-state index in [1.165, 1.54) is 251 Å². The highest BCUT2D eigenvalue weighted by Gasteiger charge is 2.63. The Bertz CT molecular complexity index is 1840. The Balaban J connectivity index is 0.985. The fourth-order valence-electron chi connectivity index (χ4n) is 21.5. The van der Waals surface area contributed by atoms with Gasteiger partial charge in [-0.05, 0) is 255 Å². The molecule has 9 fully saturated rings. The maximum Gasteiger partial charge on any atom is 0.223 e. The number of likely N-dealkylation sites (tertiary alicyclic amines) is 1. The van der Waals surface area contributed by atoms with Crippen molar-refractivity contribution in [3.8, 4) is 0 Å². The second-order valence-corrected chi connectivity index (χ2v) is 31.6. The molecule has 1 saturated heterocycles. The first-order valence-electron chi connectivity index (χ1n) is 35.9. The van der Waals surface area contributed by atoms with E-state index < -0.39 is 0 Å². The van der Waals surface area contributed by atoms with Crippen LogP contribution in [0.1, 0.15) is 312 Å². The van der Waals surface area contributed by atoms with Crippen LogP contribution >= 0.6 is 0 Å². The van der Waals surface area contributed by atoms with Crippen molar-refractivity contribution in [1.82, 2.24) is 15.1 Å². The second kappa shape index (κ2) is 28.7. The lowest BCUT2D eigenvalue weighted by molar-refractivity contribution is -0.166. The Morgan fingerprint density at radius 1 is 0.679 bits per heavy atom. The average molecular weight is 1080 g/mol. The van der Waals surface area contributed by atoms with Crippen LogP contribution < -0.4 is 5.32 Å². The van der Waals surface area contributed by atoms with Gasteiger partial charge >= 0.3 is 0 Å². The summed E-state index contributed by atoms with van der Waals surface area (Å²) >= 11 is 0. The average Bonchev–Trinajstić information content (AvgIpc) is 3.94. The summed E-state index contributed by atoms with van der Waals surface area (Å²) in [6.45, 7) is 21.3. The molecular formula is C73H129N3O2. The van der Waals surface area contributed by atoms with Crippen molar-refractivity contribution >= 4 is 5.91 Å². The van der Waals surface area contributed by atoms with Gasteiger partial charge in [0.25, 0.3) is 0 Å². The number of carbonyl (C=O) groups excluding carboxylic acids is 1. The van der Waals surface area contributed by atoms with Gasteiger partial charge in [0.15, 0.2) is 0 Å². The number of unbranched alkanes of at least 4 members (excludes halogenated alkanes) is 12. The smallest absolute Gasteiger partial charge is 0.223 e. The SMILES string of the molecule is CCCCCCCCCCC(CCCCCCCC)CN(C(=O)CCC(C)C1CCC2C3CC(C4CCC4)C4CC(O)CCC4(C)C3CCC12C)C(CC1CCN(C)CC1)C(NC12CC(C)CC(CC(CC)C1)C2)=C1CCC1. The Morgan fingerprint density at radius 3 is 1.96 bits per heavy atom. The second-order valence-electron chi connectivity index (χ2n) is 31.6. The van der Waals surface area contributed by atoms with Crippen molar-refractivity contribution in [1.29, 1.82) is 0 Å². The number of allylic oxidation sites excluding steroid dienone is 1. The minimum atomic E-state index is -0.0663. The van der Waals surface area contributed by atoms with Crippen LogP contribution in [0.5, 0.6) is 0 Å². The summed E-state index contributed by atoms with van der Waals surface area (Å²) in [5, 5.41) is 15.8. The van der Waals surface area contributed by atoms with E-state index in [2.05, 4.69) is 65.3 Å². The largest absolute Gasteiger partial charge is 0.393 e. The molecule has 1 heterocycles. The first kappa shape index (κ1) is 61.5. The first-order chi connectivity index (χ1) is 37.8. The number of hydrogen-bond acceptors (Lipinski definition) is 4. The normalized spacial score (nSPS) is 37.3. The van der Waals surface area contributed by atoms with Crippen LogP contribution in [0, 0.1) is 87.8 Å². The van der Waals surface area contributed by atoms with Crippen LogP contribution in [0.3, 0.4) is 0 Å². The quantitative estimate of drug-likeness (QED) is 0.0704. The number of fused-ring (bicyclic) bond motifs is 7. The van der Waals surface area contributed by atoms with Crippen LogP contribution in [0.25, 0.3) is 0 Å². The number of rotatable bonds is 30. The van der Waals surface area contributed by atoms with Crippen LogP contribution in [-0.4, -0.2) is 65.2 Å². The molecule has 0 aromatic carbocycles. The van der Waals surface area contributed by atoms with E-state index in [4.69, 9.17) is 5.32 Å². The Morgan fingerprint density at radius 2 is 1.33 bits per heavy atom. The molecule has 16 unspecified atom stereocenters. The van der Waals surface area contributed by atoms with Crippen LogP contribution in [-0.2, 0) is 4.79 Å². The molecule has 0 radical (unpaired) electrons. The lowest BCUT2D eigenvalue weighted by Gasteiger charge is -2.64. The van der Waals surface area contributed by atoms with Gasteiger partial charge in [0.05, 0.1) is 12.1 Å². The van der Waals surface area contributed by atoms with Crippen LogP contribution in [0.4, 0.5) is 0 Å². The maximum atomic E-state index is 16.3. The Hall–Kier alpha value is -1.07. The van der Waals surface area contributed by atoms with E-state index in [0.717, 1.165) is 91.4 Å². The standard InChI is InChI=1S/C73H129N3O2/c1-9-12-14-16-18-19-21-23-27-57(26-22-20-17-15-13-10-2)52-76(68(46-56-38-42-75(8)43-39-56)70(60-30-25-31-60)74-73-49-53(4)44-58(51-73)45-55(11-3)50-73)69(78)35-32-54(5)64-33-34-65-63-48-62(59-28-24-29-59)67-47-61(77)36-40-72(67,7)66(63)37-41-71(64,65)6/h53-59,61-68,74,77H,9-52H2,1-8H3. The Kier molecular flexibility index (Phi) is 22.6. The third-order valence-electron chi connectivity index (χ3n) is 26.2. The summed E-state index contributed by atoms with van der Waals surface area (Å²) < 4.78 is 0. The molecule has 2 bridgehead atoms. The van der Waals surface area contributed by atoms with Gasteiger partial charge in [-0.15, -0.1) is 0 Å². The summed E-state index contributed by atoms with van der Waals surface area (Å²) in [4.78, 5) is 21.6. The highest BCUT2D eigenvalue weighted by molar-refractivity contribution is 5.77. The molecule has 5 heteroatoms. The molecule has 8 saturated carbocycles. The fraction of sp³-hybridized carbons (Fsp3) is 0.959. The van der Waals surface area contributed by atoms with Crippen molar-refractivity contribution in [2.24, 2.45) is 87.8 Å². The number of piperidine rings is 1. The predicted octanol–water partition coefficient (Wildman–Crippen LogP) is 19.3. The number of amides is 1. The highest BCUT2D eigenvalue weighted by Crippen LogP contribution is 2.71. The summed E-state index contributed by atoms with van der Waals surface area (Å²) in [6, 6.07) is 0.193. The molecule has 1 aliphatic heterocycles. The molecule has 0 spiro atoms. The van der Waals surface area contributed by atoms with Gasteiger partial charge in [-0.25, -0.2) is 0 Å². The molecule has 16 atom stereocenters. The highest BCUT2D eigenvalue weighted by atomic mass is 16.3. The van der Waals surface area contributed by atoms with Crippen LogP contribution in [0.15, 0.2) is 11.3 Å². The molecule has 2 N–H and O–H groups in total. The summed E-state index contributed by atoms with van der Waals surface area (Å²) in [7, 11) is 2.34. The van der Waals surface area contributed by atoms with Gasteiger partial charge in [-0.2, -0.15) is 0 Å². The summed E-state index contributed by atoms with van der Waals surface area (Å²) in [6.07, 6.45) is 54.0. The summed E-state index contributed by atoms with van der Waals surface area (Å²) in [5.74, 6) is 10.6. The monoisotopic (exact) mass is 1080 g/mol. The molecule has 8 aliphatic carbocycles. The Labute approximate surface area is 483 Å². The zero-order valence-corrected chi connectivity index (χ0v) is 53.0. The van der Waals surface area contributed by atoms with E-state index in [9.17, 15) is 5.11 Å². The predicted molar refractivity (Wildman–Crippen MR) is 331 cm³/mol. The van der Waals surface area contributed by atoms with Gasteiger partial charge in [-0.1, -0.05) is 164 Å². The van der Waals surface area contributed by atoms with Gasteiger partial charge < -0.3 is 20.2 Å². The lowest BCUT2D eigenvalue weighted by atomic mass is 9.40. The number of carbonyl (C=O) groups is 1. The van der Waals surface area contributed by atoms with Gasteiger partial charge in [0.2, 0.25) is 5.91 Å². The van der Waals surface area contributed by atoms with E-state index in [-0.39, 0.29) is 17.7 Å². The molecule has 5 nitrogen and oxygen atoms in total. The van der Waals surface area contributed by atoms with Crippen molar-refractivity contribution in [2.75, 3.05) is 26.7 Å². The van der Waals surface area contributed by atoms with Crippen molar-refractivity contribution < 1.29 is 9.90 Å². The van der Waals surface area contributed by atoms with Gasteiger partial charge in [-0.3, -0.25) is 4.79 Å². The topological polar surface area (TPSA) is 55.8 Å². The molecule has 0 aromatic rings. The minimum Gasteiger partial charge on any atom is -0.393 e. The lowest BCUT2D eigenvalue weighted by Crippen LogP contribution is -2.58. The molecule has 0 aromatic heterocycles. The minimum absolute atomic E-state index is 0.0663. The molecule has 1 amide bonds. The zero-order valence-electron chi connectivity index (χ0n) is 53.0. The molecule has 9 rings (SSSR count). The van der Waals surface area contributed by atoms with Crippen molar-refractivity contribution in [2.45, 2.75) is 329 Å². The number of aliphatic hydroxyl groups excluding tert-OH is 1. The van der Waals surface area contributed by atoms with E-state index in [1.807, 2.05) is 0 Å². The molecule has 78 heavy (non-hydrogen) atoms. The third-order valence-corrected chi connectivity index (χ3v) is 26.2. The fourth-order valence-corrected chi connectivity index (χ4v) is 21.5. The third kappa shape index (κ3) is 14.7. The first-order valence-corrected chi connectivity index (χ1v) is 35.9. The van der Waals surface area contributed by atoms with Crippen LogP contribution in [0.2, 0.25) is 0 Å². The van der Waals surface area contributed by atoms with E-state index in [1.54, 1.807) is 11.3 Å². The zero-order chi connectivity index (χ0) is 54.9.